The average molecular weight is 231 g/mol. The Labute approximate surface area is 96.9 Å². The summed E-state index contributed by atoms with van der Waals surface area (Å²) in [6.07, 6.45) is 4.52. The molecule has 3 nitrogen and oxygen atoms in total. The third-order valence-corrected chi connectivity index (χ3v) is 2.22. The van der Waals surface area contributed by atoms with Crippen molar-refractivity contribution in [2.24, 2.45) is 0 Å². The molecule has 4 heteroatoms. The first kappa shape index (κ1) is 11.1. The van der Waals surface area contributed by atoms with Crippen molar-refractivity contribution >= 4 is 12.2 Å². The Morgan fingerprint density at radius 1 is 1.24 bits per heavy atom. The summed E-state index contributed by atoms with van der Waals surface area (Å²) in [6.45, 7) is 0. The second-order valence-corrected chi connectivity index (χ2v) is 3.53. The fourth-order valence-electron chi connectivity index (χ4n) is 1.37. The van der Waals surface area contributed by atoms with Crippen LogP contribution in [0, 0.1) is 5.82 Å². The van der Waals surface area contributed by atoms with Crippen LogP contribution in [-0.4, -0.2) is 10.1 Å². The van der Waals surface area contributed by atoms with Gasteiger partial charge in [0.15, 0.2) is 5.75 Å². The van der Waals surface area contributed by atoms with Crippen LogP contribution < -0.4 is 5.43 Å². The molecule has 0 aliphatic carbocycles. The largest absolute Gasteiger partial charge is 0.503 e. The van der Waals surface area contributed by atoms with E-state index in [-0.39, 0.29) is 11.6 Å². The highest BCUT2D eigenvalue weighted by atomic mass is 19.1. The minimum Gasteiger partial charge on any atom is -0.503 e. The number of nitrogens with one attached hydrogen (secondary N) is 1. The third-order valence-electron chi connectivity index (χ3n) is 2.22. The number of hydrogen-bond acceptors (Lipinski definition) is 2. The van der Waals surface area contributed by atoms with E-state index in [9.17, 15) is 9.18 Å². The number of aromatic hydroxyl groups is 1. The topological polar surface area (TPSA) is 53.1 Å². The molecule has 17 heavy (non-hydrogen) atoms. The van der Waals surface area contributed by atoms with Gasteiger partial charge in [0, 0.05) is 18.0 Å². The lowest BCUT2D eigenvalue weighted by Gasteiger charge is -1.96. The maximum absolute atomic E-state index is 12.9. The monoisotopic (exact) mass is 231 g/mol. The Balaban J connectivity index is 2.26. The van der Waals surface area contributed by atoms with E-state index in [1.807, 2.05) is 0 Å². The highest BCUT2D eigenvalue weighted by Gasteiger charge is 1.96. The number of aromatic amines is 1. The van der Waals surface area contributed by atoms with Crippen LogP contribution >= 0.6 is 0 Å². The van der Waals surface area contributed by atoms with Crippen molar-refractivity contribution in [1.29, 1.82) is 0 Å². The van der Waals surface area contributed by atoms with Crippen molar-refractivity contribution in [1.82, 2.24) is 4.98 Å². The van der Waals surface area contributed by atoms with E-state index in [4.69, 9.17) is 5.11 Å². The van der Waals surface area contributed by atoms with Crippen molar-refractivity contribution in [2.45, 2.75) is 0 Å². The zero-order valence-electron chi connectivity index (χ0n) is 8.85. The summed E-state index contributed by atoms with van der Waals surface area (Å²) in [5, 5.41) is 9.05. The molecule has 0 saturated carbocycles. The van der Waals surface area contributed by atoms with Gasteiger partial charge in [0.05, 0.1) is 0 Å². The van der Waals surface area contributed by atoms with Gasteiger partial charge in [-0.05, 0) is 23.8 Å². The molecule has 0 saturated heterocycles. The highest BCUT2D eigenvalue weighted by molar-refractivity contribution is 5.67. The van der Waals surface area contributed by atoms with E-state index >= 15 is 0 Å². The fourth-order valence-corrected chi connectivity index (χ4v) is 1.37. The van der Waals surface area contributed by atoms with Crippen LogP contribution in [0.2, 0.25) is 0 Å². The summed E-state index contributed by atoms with van der Waals surface area (Å²) >= 11 is 0. The number of pyridine rings is 1. The van der Waals surface area contributed by atoms with Crippen molar-refractivity contribution in [2.75, 3.05) is 0 Å². The third kappa shape index (κ3) is 2.81. The minimum absolute atomic E-state index is 0.314. The molecule has 0 fully saturated rings. The van der Waals surface area contributed by atoms with E-state index < -0.39 is 5.43 Å². The maximum Gasteiger partial charge on any atom is 0.223 e. The Morgan fingerprint density at radius 2 is 2.06 bits per heavy atom. The lowest BCUT2D eigenvalue weighted by Crippen LogP contribution is -1.99. The van der Waals surface area contributed by atoms with Gasteiger partial charge < -0.3 is 10.1 Å². The predicted octanol–water partition coefficient (Wildman–Crippen LogP) is 2.39. The fraction of sp³-hybridized carbons (Fsp3) is 0. The summed E-state index contributed by atoms with van der Waals surface area (Å²) < 4.78 is 12.9. The molecule has 0 unspecified atom stereocenters. The molecule has 1 aromatic carbocycles. The van der Waals surface area contributed by atoms with Gasteiger partial charge in [-0.1, -0.05) is 18.2 Å². The van der Waals surface area contributed by atoms with Crippen molar-refractivity contribution in [3.05, 3.63) is 63.8 Å². The Bertz CT molecular complexity index is 617. The Morgan fingerprint density at radius 3 is 2.76 bits per heavy atom. The van der Waals surface area contributed by atoms with E-state index in [0.29, 0.717) is 11.3 Å². The maximum atomic E-state index is 12.9. The van der Waals surface area contributed by atoms with E-state index in [2.05, 4.69) is 4.98 Å². The summed E-state index contributed by atoms with van der Waals surface area (Å²) in [7, 11) is 0. The molecule has 86 valence electrons. The van der Waals surface area contributed by atoms with Gasteiger partial charge in [-0.25, -0.2) is 4.39 Å². The molecule has 0 bridgehead atoms. The molecule has 0 aliphatic heterocycles. The molecule has 0 amide bonds. The molecule has 1 heterocycles. The van der Waals surface area contributed by atoms with Crippen molar-refractivity contribution in [3.8, 4) is 5.75 Å². The van der Waals surface area contributed by atoms with E-state index in [1.54, 1.807) is 24.3 Å². The minimum atomic E-state index is -0.456. The lowest BCUT2D eigenvalue weighted by atomic mass is 10.2. The van der Waals surface area contributed by atoms with Gasteiger partial charge >= 0.3 is 0 Å². The predicted molar refractivity (Wildman–Crippen MR) is 64.1 cm³/mol. The molecule has 2 aromatic rings. The number of halogens is 1. The van der Waals surface area contributed by atoms with Gasteiger partial charge in [-0.2, -0.15) is 0 Å². The van der Waals surface area contributed by atoms with Crippen LogP contribution in [0.4, 0.5) is 4.39 Å². The number of H-pyrrole nitrogens is 1. The van der Waals surface area contributed by atoms with Crippen LogP contribution in [0.1, 0.15) is 11.3 Å². The summed E-state index contributed by atoms with van der Waals surface area (Å²) in [5.41, 5.74) is 0.777. The number of rotatable bonds is 2. The first-order chi connectivity index (χ1) is 8.15. The number of benzene rings is 1. The van der Waals surface area contributed by atoms with Gasteiger partial charge in [-0.15, -0.1) is 0 Å². The van der Waals surface area contributed by atoms with Crippen LogP contribution in [0.25, 0.3) is 12.2 Å². The normalized spacial score (nSPS) is 10.9. The molecule has 0 aliphatic rings. The molecule has 0 radical (unpaired) electrons. The molecule has 0 atom stereocenters. The summed E-state index contributed by atoms with van der Waals surface area (Å²) in [5.74, 6) is -0.640. The second-order valence-electron chi connectivity index (χ2n) is 3.53. The highest BCUT2D eigenvalue weighted by Crippen LogP contribution is 2.08. The molecular weight excluding hydrogens is 221 g/mol. The lowest BCUT2D eigenvalue weighted by molar-refractivity contribution is 0.467. The first-order valence-electron chi connectivity index (χ1n) is 5.00. The Kier molecular flexibility index (Phi) is 3.05. The van der Waals surface area contributed by atoms with E-state index in [1.165, 1.54) is 24.4 Å². The zero-order valence-corrected chi connectivity index (χ0v) is 8.85. The quantitative estimate of drug-likeness (QED) is 0.833. The molecule has 1 aromatic heterocycles. The zero-order chi connectivity index (χ0) is 12.3. The van der Waals surface area contributed by atoms with Gasteiger partial charge in [0.1, 0.15) is 5.82 Å². The Hall–Kier alpha value is -2.36. The van der Waals surface area contributed by atoms with Gasteiger partial charge in [-0.3, -0.25) is 4.79 Å². The molecule has 2 rings (SSSR count). The molecule has 2 N–H and O–H groups in total. The van der Waals surface area contributed by atoms with Crippen molar-refractivity contribution in [3.63, 3.8) is 0 Å². The van der Waals surface area contributed by atoms with Crippen molar-refractivity contribution < 1.29 is 9.50 Å². The van der Waals surface area contributed by atoms with E-state index in [0.717, 1.165) is 0 Å². The first-order valence-corrected chi connectivity index (χ1v) is 5.00. The summed E-state index contributed by atoms with van der Waals surface area (Å²) in [4.78, 5) is 13.9. The van der Waals surface area contributed by atoms with Gasteiger partial charge in [0.2, 0.25) is 5.43 Å². The van der Waals surface area contributed by atoms with Crippen LogP contribution in [0.3, 0.4) is 0 Å². The number of hydrogen-bond donors (Lipinski definition) is 2. The van der Waals surface area contributed by atoms with Crippen LogP contribution in [0.15, 0.2) is 41.3 Å². The number of aromatic nitrogens is 1. The van der Waals surface area contributed by atoms with Gasteiger partial charge in [0.25, 0.3) is 0 Å². The SMILES string of the molecule is O=c1cc(/C=C/c2cccc(F)c2)[nH]cc1O. The molecular formula is C13H10FNO2. The standard InChI is InChI=1S/C13H10FNO2/c14-10-3-1-2-9(6-10)4-5-11-7-12(16)13(17)8-15-11/h1-8,17H,(H,15,16)/b5-4+. The summed E-state index contributed by atoms with van der Waals surface area (Å²) in [6, 6.07) is 7.37. The molecule has 0 spiro atoms. The smallest absolute Gasteiger partial charge is 0.223 e. The van der Waals surface area contributed by atoms with Crippen LogP contribution in [-0.2, 0) is 0 Å². The van der Waals surface area contributed by atoms with Crippen LogP contribution in [0.5, 0.6) is 5.75 Å². The second kappa shape index (κ2) is 4.65. The average Bonchev–Trinajstić information content (AvgIpc) is 2.31.